The normalized spacial score (nSPS) is 38.7. The van der Waals surface area contributed by atoms with Crippen molar-refractivity contribution in [2.24, 2.45) is 5.41 Å². The number of carbonyl (C=O) groups excluding carboxylic acids is 2. The largest absolute Gasteiger partial charge is 0.392 e. The van der Waals surface area contributed by atoms with Gasteiger partial charge < -0.3 is 10.4 Å². The number of imide groups is 1. The molecule has 3 unspecified atom stereocenters. The minimum atomic E-state index is -0.422. The van der Waals surface area contributed by atoms with Gasteiger partial charge in [-0.05, 0) is 6.42 Å². The quantitative estimate of drug-likeness (QED) is 0.521. The van der Waals surface area contributed by atoms with Gasteiger partial charge in [-0.25, -0.2) is 0 Å². The predicted octanol–water partition coefficient (Wildman–Crippen LogP) is -0.849. The van der Waals surface area contributed by atoms with Gasteiger partial charge in [0.25, 0.3) is 0 Å². The minimum Gasteiger partial charge on any atom is -0.392 e. The van der Waals surface area contributed by atoms with Crippen molar-refractivity contribution in [1.29, 1.82) is 0 Å². The van der Waals surface area contributed by atoms with Crippen LogP contribution in [0.4, 0.5) is 0 Å². The molecule has 1 saturated heterocycles. The molecule has 2 amide bonds. The van der Waals surface area contributed by atoms with Crippen molar-refractivity contribution in [2.45, 2.75) is 44.9 Å². The molecule has 1 saturated carbocycles. The second-order valence-electron chi connectivity index (χ2n) is 4.96. The van der Waals surface area contributed by atoms with Crippen LogP contribution in [0.25, 0.3) is 0 Å². The summed E-state index contributed by atoms with van der Waals surface area (Å²) in [7, 11) is 0. The first-order chi connectivity index (χ1) is 6.91. The van der Waals surface area contributed by atoms with E-state index in [4.69, 9.17) is 0 Å². The summed E-state index contributed by atoms with van der Waals surface area (Å²) in [6.45, 7) is 3.90. The molecule has 3 N–H and O–H groups in total. The third kappa shape index (κ3) is 1.66. The maximum Gasteiger partial charge on any atom is 0.244 e. The van der Waals surface area contributed by atoms with Gasteiger partial charge in [-0.1, -0.05) is 13.8 Å². The smallest absolute Gasteiger partial charge is 0.244 e. The molecular formula is C10H16N2O3. The van der Waals surface area contributed by atoms with Gasteiger partial charge >= 0.3 is 0 Å². The van der Waals surface area contributed by atoms with Crippen LogP contribution < -0.4 is 10.6 Å². The highest BCUT2D eigenvalue weighted by Crippen LogP contribution is 2.40. The number of hydrogen-bond acceptors (Lipinski definition) is 4. The molecule has 1 aliphatic carbocycles. The Morgan fingerprint density at radius 2 is 2.13 bits per heavy atom. The van der Waals surface area contributed by atoms with Gasteiger partial charge in [0, 0.05) is 11.5 Å². The number of amides is 2. The van der Waals surface area contributed by atoms with E-state index in [1.54, 1.807) is 0 Å². The van der Waals surface area contributed by atoms with Crippen LogP contribution in [0.5, 0.6) is 0 Å². The van der Waals surface area contributed by atoms with Gasteiger partial charge in [-0.15, -0.1) is 0 Å². The average Bonchev–Trinajstić information content (AvgIpc) is 2.45. The first-order valence-electron chi connectivity index (χ1n) is 5.19. The molecule has 0 aromatic rings. The SMILES string of the molecule is CC1(C)C(O)CC1NC1CC(=O)NC1=O. The summed E-state index contributed by atoms with van der Waals surface area (Å²) < 4.78 is 0. The lowest BCUT2D eigenvalue weighted by Gasteiger charge is -2.50. The van der Waals surface area contributed by atoms with E-state index in [1.807, 2.05) is 13.8 Å². The highest BCUT2D eigenvalue weighted by Gasteiger charge is 2.49. The lowest BCUT2D eigenvalue weighted by Crippen LogP contribution is -2.62. The maximum absolute atomic E-state index is 11.3. The van der Waals surface area contributed by atoms with E-state index in [2.05, 4.69) is 10.6 Å². The summed E-state index contributed by atoms with van der Waals surface area (Å²) >= 11 is 0. The molecule has 2 fully saturated rings. The van der Waals surface area contributed by atoms with E-state index in [0.29, 0.717) is 6.42 Å². The van der Waals surface area contributed by atoms with Crippen LogP contribution in [0, 0.1) is 5.41 Å². The van der Waals surface area contributed by atoms with Gasteiger partial charge in [-0.2, -0.15) is 0 Å². The van der Waals surface area contributed by atoms with Crippen molar-refractivity contribution in [3.05, 3.63) is 0 Å². The fraction of sp³-hybridized carbons (Fsp3) is 0.800. The number of nitrogens with one attached hydrogen (secondary N) is 2. The Kier molecular flexibility index (Phi) is 2.31. The number of aliphatic hydroxyl groups excluding tert-OH is 1. The molecule has 3 atom stereocenters. The molecule has 2 aliphatic rings. The fourth-order valence-corrected chi connectivity index (χ4v) is 2.12. The molecule has 1 aliphatic heterocycles. The van der Waals surface area contributed by atoms with Gasteiger partial charge in [-0.3, -0.25) is 14.9 Å². The van der Waals surface area contributed by atoms with Gasteiger partial charge in [0.2, 0.25) is 11.8 Å². The summed E-state index contributed by atoms with van der Waals surface area (Å²) in [5.74, 6) is -0.479. The summed E-state index contributed by atoms with van der Waals surface area (Å²) in [5.41, 5.74) is -0.216. The second-order valence-corrected chi connectivity index (χ2v) is 4.96. The Morgan fingerprint density at radius 3 is 2.53 bits per heavy atom. The molecule has 2 rings (SSSR count). The third-order valence-electron chi connectivity index (χ3n) is 3.59. The van der Waals surface area contributed by atoms with Gasteiger partial charge in [0.1, 0.15) is 0 Å². The molecule has 15 heavy (non-hydrogen) atoms. The predicted molar refractivity (Wildman–Crippen MR) is 52.9 cm³/mol. The Morgan fingerprint density at radius 1 is 1.47 bits per heavy atom. The van der Waals surface area contributed by atoms with Crippen LogP contribution >= 0.6 is 0 Å². The van der Waals surface area contributed by atoms with E-state index in [0.717, 1.165) is 0 Å². The highest BCUT2D eigenvalue weighted by atomic mass is 16.3. The van der Waals surface area contributed by atoms with Crippen LogP contribution in [0.15, 0.2) is 0 Å². The summed E-state index contributed by atoms with van der Waals surface area (Å²) in [4.78, 5) is 22.3. The Labute approximate surface area is 88.2 Å². The van der Waals surface area contributed by atoms with Crippen molar-refractivity contribution in [2.75, 3.05) is 0 Å². The lowest BCUT2D eigenvalue weighted by molar-refractivity contribution is -0.126. The van der Waals surface area contributed by atoms with Crippen LogP contribution in [0.1, 0.15) is 26.7 Å². The molecule has 0 bridgehead atoms. The molecular weight excluding hydrogens is 196 g/mol. The Bertz CT molecular complexity index is 314. The van der Waals surface area contributed by atoms with Crippen molar-refractivity contribution in [1.82, 2.24) is 10.6 Å². The number of hydrogen-bond donors (Lipinski definition) is 3. The van der Waals surface area contributed by atoms with Crippen LogP contribution in [0.2, 0.25) is 0 Å². The molecule has 0 aromatic carbocycles. The Hall–Kier alpha value is -0.940. The average molecular weight is 212 g/mol. The molecule has 0 aromatic heterocycles. The standard InChI is InChI=1S/C10H16N2O3/c1-10(2)6(4-7(10)13)11-5-3-8(14)12-9(5)15/h5-7,11,13H,3-4H2,1-2H3,(H,12,14,15). The molecule has 0 radical (unpaired) electrons. The number of rotatable bonds is 2. The van der Waals surface area contributed by atoms with Crippen molar-refractivity contribution in [3.8, 4) is 0 Å². The van der Waals surface area contributed by atoms with Crippen molar-refractivity contribution >= 4 is 11.8 Å². The molecule has 5 heteroatoms. The molecule has 1 heterocycles. The van der Waals surface area contributed by atoms with E-state index in [-0.39, 0.29) is 35.8 Å². The Balaban J connectivity index is 1.94. The zero-order chi connectivity index (χ0) is 11.2. The molecule has 0 spiro atoms. The van der Waals surface area contributed by atoms with Crippen molar-refractivity contribution in [3.63, 3.8) is 0 Å². The number of aliphatic hydroxyl groups is 1. The minimum absolute atomic E-state index is 0.106. The second kappa shape index (κ2) is 3.28. The first kappa shape index (κ1) is 10.6. The number of carbonyl (C=O) groups is 2. The molecule has 84 valence electrons. The third-order valence-corrected chi connectivity index (χ3v) is 3.59. The summed E-state index contributed by atoms with van der Waals surface area (Å²) in [6.07, 6.45) is 0.530. The first-order valence-corrected chi connectivity index (χ1v) is 5.19. The fourth-order valence-electron chi connectivity index (χ4n) is 2.12. The van der Waals surface area contributed by atoms with E-state index in [9.17, 15) is 14.7 Å². The van der Waals surface area contributed by atoms with Crippen LogP contribution in [-0.2, 0) is 9.59 Å². The van der Waals surface area contributed by atoms with Gasteiger partial charge in [0.15, 0.2) is 0 Å². The zero-order valence-electron chi connectivity index (χ0n) is 8.91. The van der Waals surface area contributed by atoms with E-state index < -0.39 is 6.04 Å². The summed E-state index contributed by atoms with van der Waals surface area (Å²) in [5, 5.41) is 14.9. The zero-order valence-corrected chi connectivity index (χ0v) is 8.91. The highest BCUT2D eigenvalue weighted by molar-refractivity contribution is 6.05. The van der Waals surface area contributed by atoms with E-state index >= 15 is 0 Å². The maximum atomic E-state index is 11.3. The van der Waals surface area contributed by atoms with E-state index in [1.165, 1.54) is 0 Å². The van der Waals surface area contributed by atoms with Crippen molar-refractivity contribution < 1.29 is 14.7 Å². The van der Waals surface area contributed by atoms with Gasteiger partial charge in [0.05, 0.1) is 18.6 Å². The monoisotopic (exact) mass is 212 g/mol. The summed E-state index contributed by atoms with van der Waals surface area (Å²) in [6, 6.07) is -0.316. The lowest BCUT2D eigenvalue weighted by atomic mass is 9.64. The van der Waals surface area contributed by atoms with Crippen LogP contribution in [-0.4, -0.2) is 35.1 Å². The molecule has 5 nitrogen and oxygen atoms in total. The van der Waals surface area contributed by atoms with Crippen LogP contribution in [0.3, 0.4) is 0 Å². The topological polar surface area (TPSA) is 78.4 Å².